The third-order valence-corrected chi connectivity index (χ3v) is 4.93. The van der Waals surface area contributed by atoms with Crippen molar-refractivity contribution >= 4 is 22.7 Å². The van der Waals surface area contributed by atoms with Crippen LogP contribution in [0.5, 0.6) is 0 Å². The molecular formula is C10H23NO3S2. The molecule has 16 heavy (non-hydrogen) atoms. The second-order valence-corrected chi connectivity index (χ2v) is 6.88. The van der Waals surface area contributed by atoms with Crippen LogP contribution < -0.4 is 5.73 Å². The van der Waals surface area contributed by atoms with E-state index in [0.717, 1.165) is 25.7 Å². The second-order valence-electron chi connectivity index (χ2n) is 4.31. The maximum Gasteiger partial charge on any atom is 0.270 e. The maximum absolute atomic E-state index is 10.9. The van der Waals surface area contributed by atoms with E-state index in [2.05, 4.69) is 19.6 Å². The zero-order valence-electron chi connectivity index (χ0n) is 10.0. The normalized spacial score (nSPS) is 18.1. The van der Waals surface area contributed by atoms with Crippen LogP contribution >= 0.6 is 12.6 Å². The number of nitrogens with two attached hydrogens (primary N) is 1. The molecule has 4 nitrogen and oxygen atoms in total. The van der Waals surface area contributed by atoms with Crippen molar-refractivity contribution in [3.63, 3.8) is 0 Å². The highest BCUT2D eigenvalue weighted by Crippen LogP contribution is 2.25. The smallest absolute Gasteiger partial charge is 0.270 e. The van der Waals surface area contributed by atoms with Crippen molar-refractivity contribution in [3.8, 4) is 0 Å². The summed E-state index contributed by atoms with van der Waals surface area (Å²) in [5.41, 5.74) is 5.79. The van der Waals surface area contributed by atoms with Gasteiger partial charge in [-0.1, -0.05) is 39.0 Å². The van der Waals surface area contributed by atoms with Crippen molar-refractivity contribution in [2.45, 2.75) is 62.5 Å². The highest BCUT2D eigenvalue weighted by Gasteiger charge is 2.35. The summed E-state index contributed by atoms with van der Waals surface area (Å²) in [6, 6.07) is 0. The van der Waals surface area contributed by atoms with Gasteiger partial charge in [-0.05, 0) is 13.3 Å². The van der Waals surface area contributed by atoms with E-state index in [1.54, 1.807) is 0 Å². The van der Waals surface area contributed by atoms with Gasteiger partial charge in [0.1, 0.15) is 5.25 Å². The van der Waals surface area contributed by atoms with Crippen molar-refractivity contribution in [2.24, 2.45) is 5.73 Å². The molecule has 0 aromatic rings. The SMILES string of the molecule is CCCCCCCC(N)(S)C(C)S(=O)(=O)O. The number of rotatable bonds is 8. The van der Waals surface area contributed by atoms with Crippen LogP contribution in [0.25, 0.3) is 0 Å². The standard InChI is InChI=1S/C10H23NO3S2/c1-3-4-5-6-7-8-10(11,15)9(2)16(12,13)14/h9,15H,3-8,11H2,1-2H3,(H,12,13,14). The van der Waals surface area contributed by atoms with Crippen LogP contribution in [0.15, 0.2) is 0 Å². The van der Waals surface area contributed by atoms with Crippen LogP contribution in [0.1, 0.15) is 52.4 Å². The zero-order valence-corrected chi connectivity index (χ0v) is 11.7. The molecule has 98 valence electrons. The summed E-state index contributed by atoms with van der Waals surface area (Å²) in [6.45, 7) is 3.51. The molecule has 3 N–H and O–H groups in total. The van der Waals surface area contributed by atoms with Gasteiger partial charge in [-0.2, -0.15) is 21.0 Å². The van der Waals surface area contributed by atoms with Crippen LogP contribution in [-0.4, -0.2) is 23.1 Å². The Morgan fingerprint density at radius 1 is 1.31 bits per heavy atom. The first kappa shape index (κ1) is 16.2. The Morgan fingerprint density at radius 3 is 2.25 bits per heavy atom. The first-order valence-electron chi connectivity index (χ1n) is 5.69. The van der Waals surface area contributed by atoms with E-state index < -0.39 is 20.2 Å². The minimum absolute atomic E-state index is 0.487. The van der Waals surface area contributed by atoms with E-state index in [-0.39, 0.29) is 0 Å². The monoisotopic (exact) mass is 269 g/mol. The Hall–Kier alpha value is 0.220. The molecule has 0 aliphatic heterocycles. The van der Waals surface area contributed by atoms with Gasteiger partial charge in [-0.3, -0.25) is 4.55 Å². The summed E-state index contributed by atoms with van der Waals surface area (Å²) >= 11 is 4.14. The lowest BCUT2D eigenvalue weighted by molar-refractivity contribution is 0.432. The summed E-state index contributed by atoms with van der Waals surface area (Å²) < 4.78 is 30.8. The van der Waals surface area contributed by atoms with E-state index in [0.29, 0.717) is 6.42 Å². The van der Waals surface area contributed by atoms with Crippen LogP contribution in [-0.2, 0) is 10.1 Å². The Morgan fingerprint density at radius 2 is 1.81 bits per heavy atom. The molecule has 0 fully saturated rings. The molecule has 2 atom stereocenters. The average molecular weight is 269 g/mol. The van der Waals surface area contributed by atoms with E-state index >= 15 is 0 Å². The van der Waals surface area contributed by atoms with Gasteiger partial charge >= 0.3 is 0 Å². The summed E-state index contributed by atoms with van der Waals surface area (Å²) in [5, 5.41) is -1.05. The Bertz CT molecular complexity index is 288. The first-order chi connectivity index (χ1) is 7.22. The van der Waals surface area contributed by atoms with E-state index in [4.69, 9.17) is 10.3 Å². The quantitative estimate of drug-likeness (QED) is 0.273. The number of hydrogen-bond acceptors (Lipinski definition) is 4. The van der Waals surface area contributed by atoms with Crippen LogP contribution in [0.2, 0.25) is 0 Å². The number of hydrogen-bond donors (Lipinski definition) is 3. The zero-order chi connectivity index (χ0) is 12.8. The lowest BCUT2D eigenvalue weighted by atomic mass is 10.0. The Kier molecular flexibility index (Phi) is 6.93. The molecular weight excluding hydrogens is 246 g/mol. The topological polar surface area (TPSA) is 80.4 Å². The Labute approximate surface area is 104 Å². The summed E-state index contributed by atoms with van der Waals surface area (Å²) in [4.78, 5) is -1.15. The number of unbranched alkanes of at least 4 members (excludes halogenated alkanes) is 4. The molecule has 0 amide bonds. The molecule has 0 aliphatic carbocycles. The van der Waals surface area contributed by atoms with Gasteiger partial charge in [0.2, 0.25) is 0 Å². The predicted octanol–water partition coefficient (Wildman–Crippen LogP) is 2.21. The highest BCUT2D eigenvalue weighted by molar-refractivity contribution is 7.89. The van der Waals surface area contributed by atoms with E-state index in [1.807, 2.05) is 0 Å². The molecule has 0 spiro atoms. The molecule has 6 heteroatoms. The summed E-state index contributed by atoms with van der Waals surface area (Å²) in [7, 11) is -4.11. The molecule has 2 unspecified atom stereocenters. The van der Waals surface area contributed by atoms with Gasteiger partial charge in [0.05, 0.1) is 4.87 Å². The van der Waals surface area contributed by atoms with Crippen molar-refractivity contribution in [2.75, 3.05) is 0 Å². The molecule has 0 bridgehead atoms. The largest absolute Gasteiger partial charge is 0.316 e. The average Bonchev–Trinajstić information content (AvgIpc) is 2.15. The van der Waals surface area contributed by atoms with Crippen molar-refractivity contribution in [1.29, 1.82) is 0 Å². The predicted molar refractivity (Wildman–Crippen MR) is 70.3 cm³/mol. The van der Waals surface area contributed by atoms with Gasteiger partial charge in [0.15, 0.2) is 0 Å². The van der Waals surface area contributed by atoms with Gasteiger partial charge in [-0.15, -0.1) is 0 Å². The Balaban J connectivity index is 4.05. The summed E-state index contributed by atoms with van der Waals surface area (Å²) in [5.74, 6) is 0. The van der Waals surface area contributed by atoms with Gasteiger partial charge in [-0.25, -0.2) is 0 Å². The highest BCUT2D eigenvalue weighted by atomic mass is 32.2. The molecule has 0 saturated heterocycles. The lowest BCUT2D eigenvalue weighted by Gasteiger charge is -2.28. The van der Waals surface area contributed by atoms with E-state index in [9.17, 15) is 8.42 Å². The minimum Gasteiger partial charge on any atom is -0.316 e. The molecule has 0 radical (unpaired) electrons. The second kappa shape index (κ2) is 6.83. The van der Waals surface area contributed by atoms with Crippen LogP contribution in [0, 0.1) is 0 Å². The molecule has 0 aromatic carbocycles. The molecule has 0 aliphatic rings. The minimum atomic E-state index is -4.11. The van der Waals surface area contributed by atoms with Gasteiger partial charge in [0, 0.05) is 0 Å². The van der Waals surface area contributed by atoms with Gasteiger partial charge in [0.25, 0.3) is 10.1 Å². The molecule has 0 saturated carbocycles. The van der Waals surface area contributed by atoms with Crippen LogP contribution in [0.3, 0.4) is 0 Å². The fourth-order valence-electron chi connectivity index (χ4n) is 1.47. The third kappa shape index (κ3) is 6.08. The molecule has 0 aromatic heterocycles. The fraction of sp³-hybridized carbons (Fsp3) is 1.00. The molecule has 0 heterocycles. The van der Waals surface area contributed by atoms with Gasteiger partial charge < -0.3 is 5.73 Å². The first-order valence-corrected chi connectivity index (χ1v) is 7.64. The van der Waals surface area contributed by atoms with E-state index in [1.165, 1.54) is 13.3 Å². The third-order valence-electron chi connectivity index (χ3n) is 2.83. The fourth-order valence-corrected chi connectivity index (χ4v) is 2.66. The van der Waals surface area contributed by atoms with Crippen molar-refractivity contribution in [3.05, 3.63) is 0 Å². The summed E-state index contributed by atoms with van der Waals surface area (Å²) in [6.07, 6.45) is 5.81. The maximum atomic E-state index is 10.9. The van der Waals surface area contributed by atoms with Crippen LogP contribution in [0.4, 0.5) is 0 Å². The number of thiol groups is 1. The van der Waals surface area contributed by atoms with Crippen molar-refractivity contribution < 1.29 is 13.0 Å². The van der Waals surface area contributed by atoms with Crippen molar-refractivity contribution in [1.82, 2.24) is 0 Å². The molecule has 0 rings (SSSR count). The lowest BCUT2D eigenvalue weighted by Crippen LogP contribution is -2.48.